The highest BCUT2D eigenvalue weighted by Gasteiger charge is 2.29. The summed E-state index contributed by atoms with van der Waals surface area (Å²) < 4.78 is 2.07. The number of H-pyrrole nitrogens is 2. The second-order valence-electron chi connectivity index (χ2n) is 7.52. The zero-order chi connectivity index (χ0) is 19.8. The summed E-state index contributed by atoms with van der Waals surface area (Å²) in [4.78, 5) is 25.3. The van der Waals surface area contributed by atoms with Crippen molar-refractivity contribution in [2.24, 2.45) is 5.92 Å². The molecule has 0 aliphatic heterocycles. The lowest BCUT2D eigenvalue weighted by Gasteiger charge is -2.29. The number of carbonyl (C=O) groups excluding carboxylic acids is 1. The fourth-order valence-electron chi connectivity index (χ4n) is 4.35. The molecule has 1 amide bonds. The maximum absolute atomic E-state index is 13.1. The number of nitrogens with zero attached hydrogens (tertiary/aromatic N) is 5. The topological polar surface area (TPSA) is 128 Å². The van der Waals surface area contributed by atoms with Crippen LogP contribution in [0.4, 0.5) is 5.69 Å². The van der Waals surface area contributed by atoms with E-state index >= 15 is 0 Å². The molecular weight excluding hydrogens is 368 g/mol. The Labute approximate surface area is 166 Å². The molecule has 1 fully saturated rings. The molecule has 1 aliphatic rings. The van der Waals surface area contributed by atoms with E-state index in [-0.39, 0.29) is 11.9 Å². The maximum Gasteiger partial charge on any atom is 0.291 e. The van der Waals surface area contributed by atoms with Crippen LogP contribution < -0.4 is 5.32 Å². The van der Waals surface area contributed by atoms with Crippen molar-refractivity contribution in [1.29, 1.82) is 5.26 Å². The number of aromatic nitrogens is 6. The average molecular weight is 388 g/mol. The van der Waals surface area contributed by atoms with Gasteiger partial charge in [0.1, 0.15) is 11.2 Å². The number of pyridine rings is 1. The molecule has 4 heterocycles. The number of fused-ring (bicyclic) bond motifs is 3. The highest BCUT2D eigenvalue weighted by atomic mass is 16.2. The van der Waals surface area contributed by atoms with Crippen LogP contribution in [0.25, 0.3) is 22.1 Å². The van der Waals surface area contributed by atoms with E-state index in [4.69, 9.17) is 5.26 Å². The van der Waals surface area contributed by atoms with E-state index in [0.717, 1.165) is 42.2 Å². The van der Waals surface area contributed by atoms with Crippen LogP contribution in [0.3, 0.4) is 0 Å². The minimum atomic E-state index is -0.273. The van der Waals surface area contributed by atoms with Crippen molar-refractivity contribution in [2.75, 3.05) is 5.32 Å². The van der Waals surface area contributed by atoms with Gasteiger partial charge in [-0.15, -0.1) is 0 Å². The molecule has 0 unspecified atom stereocenters. The Balaban J connectivity index is 1.60. The predicted molar refractivity (Wildman–Crippen MR) is 107 cm³/mol. The van der Waals surface area contributed by atoms with E-state index in [2.05, 4.69) is 41.1 Å². The maximum atomic E-state index is 13.1. The highest BCUT2D eigenvalue weighted by molar-refractivity contribution is 6.07. The van der Waals surface area contributed by atoms with Crippen LogP contribution in [0.5, 0.6) is 0 Å². The van der Waals surface area contributed by atoms with Crippen LogP contribution in [0.1, 0.15) is 48.8 Å². The molecule has 5 rings (SSSR count). The lowest BCUT2D eigenvalue weighted by atomic mass is 9.84. The van der Waals surface area contributed by atoms with E-state index in [1.807, 2.05) is 12.3 Å². The first kappa shape index (κ1) is 17.4. The Kier molecular flexibility index (Phi) is 4.24. The van der Waals surface area contributed by atoms with E-state index in [0.29, 0.717) is 29.4 Å². The Hall–Kier alpha value is -3.67. The summed E-state index contributed by atoms with van der Waals surface area (Å²) >= 11 is 0. The summed E-state index contributed by atoms with van der Waals surface area (Å²) in [6.45, 7) is 0. The summed E-state index contributed by atoms with van der Waals surface area (Å²) in [5, 5.41) is 19.4. The molecule has 29 heavy (non-hydrogen) atoms. The number of rotatable bonds is 4. The van der Waals surface area contributed by atoms with Gasteiger partial charge < -0.3 is 14.9 Å². The molecule has 0 atom stereocenters. The molecule has 0 saturated heterocycles. The first-order chi connectivity index (χ1) is 14.2. The molecular formula is C20H20N8O. The number of imidazole rings is 1. The second-order valence-corrected chi connectivity index (χ2v) is 7.52. The third kappa shape index (κ3) is 3.02. The van der Waals surface area contributed by atoms with Crippen LogP contribution in [0.15, 0.2) is 30.9 Å². The number of anilines is 1. The number of hydrogen-bond acceptors (Lipinski definition) is 5. The number of hydrogen-bond donors (Lipinski definition) is 3. The fraction of sp³-hybridized carbons (Fsp3) is 0.350. The van der Waals surface area contributed by atoms with Gasteiger partial charge in [0.25, 0.3) is 5.91 Å². The molecule has 0 radical (unpaired) electrons. The average Bonchev–Trinajstić information content (AvgIpc) is 3.47. The van der Waals surface area contributed by atoms with Crippen LogP contribution in [0, 0.1) is 17.2 Å². The van der Waals surface area contributed by atoms with Gasteiger partial charge in [-0.25, -0.2) is 9.97 Å². The monoisotopic (exact) mass is 388 g/mol. The normalized spacial score (nSPS) is 19.4. The van der Waals surface area contributed by atoms with E-state index in [9.17, 15) is 4.79 Å². The first-order valence-corrected chi connectivity index (χ1v) is 9.75. The molecule has 0 bridgehead atoms. The van der Waals surface area contributed by atoms with Gasteiger partial charge in [0.05, 0.1) is 29.7 Å². The van der Waals surface area contributed by atoms with Crippen LogP contribution in [-0.2, 0) is 0 Å². The van der Waals surface area contributed by atoms with Gasteiger partial charge in [0.15, 0.2) is 0 Å². The molecule has 4 aromatic rings. The van der Waals surface area contributed by atoms with Gasteiger partial charge >= 0.3 is 0 Å². The summed E-state index contributed by atoms with van der Waals surface area (Å²) in [6, 6.07) is 4.41. The van der Waals surface area contributed by atoms with Crippen molar-refractivity contribution >= 4 is 33.7 Å². The number of aromatic amines is 2. The van der Waals surface area contributed by atoms with Gasteiger partial charge in [0, 0.05) is 30.2 Å². The number of nitrogens with one attached hydrogen (secondary N) is 3. The van der Waals surface area contributed by atoms with Crippen LogP contribution in [-0.4, -0.2) is 35.6 Å². The van der Waals surface area contributed by atoms with Crippen molar-refractivity contribution in [3.63, 3.8) is 0 Å². The van der Waals surface area contributed by atoms with Gasteiger partial charge in [-0.2, -0.15) is 10.4 Å². The van der Waals surface area contributed by atoms with Crippen molar-refractivity contribution in [1.82, 2.24) is 29.7 Å². The Morgan fingerprint density at radius 1 is 1.31 bits per heavy atom. The molecule has 9 heteroatoms. The smallest absolute Gasteiger partial charge is 0.291 e. The largest absolute Gasteiger partial charge is 0.346 e. The van der Waals surface area contributed by atoms with Crippen molar-refractivity contribution < 1.29 is 4.79 Å². The van der Waals surface area contributed by atoms with Crippen molar-refractivity contribution in [3.8, 4) is 6.07 Å². The molecule has 0 spiro atoms. The summed E-state index contributed by atoms with van der Waals surface area (Å²) in [5.41, 5.74) is 3.00. The minimum absolute atomic E-state index is 0.153. The second kappa shape index (κ2) is 7.05. The number of carbonyl (C=O) groups is 1. The molecule has 3 N–H and O–H groups in total. The lowest BCUT2D eigenvalue weighted by molar-refractivity contribution is 0.100. The first-order valence-electron chi connectivity index (χ1n) is 9.75. The minimum Gasteiger partial charge on any atom is -0.346 e. The standard InChI is InChI=1S/C20H20N8O/c21-7-5-12-1-3-14(4-2-12)28-17-15-6-8-22-18(15)23-11-16(17)27-19(28)20(29)26-13-9-24-25-10-13/h6,8-12,14H,1-5H2,(H,22,23)(H,24,25)(H,26,29). The van der Waals surface area contributed by atoms with E-state index in [1.54, 1.807) is 18.6 Å². The number of nitriles is 1. The Morgan fingerprint density at radius 3 is 2.93 bits per heavy atom. The predicted octanol–water partition coefficient (Wildman–Crippen LogP) is 3.53. The molecule has 4 aromatic heterocycles. The molecule has 1 aliphatic carbocycles. The quantitative estimate of drug-likeness (QED) is 0.493. The van der Waals surface area contributed by atoms with Gasteiger partial charge in [-0.1, -0.05) is 0 Å². The molecule has 0 aromatic carbocycles. The van der Waals surface area contributed by atoms with Crippen LogP contribution in [0.2, 0.25) is 0 Å². The highest BCUT2D eigenvalue weighted by Crippen LogP contribution is 2.38. The third-order valence-corrected chi connectivity index (χ3v) is 5.75. The fourth-order valence-corrected chi connectivity index (χ4v) is 4.35. The number of amides is 1. The zero-order valence-corrected chi connectivity index (χ0v) is 15.7. The van der Waals surface area contributed by atoms with Crippen molar-refractivity contribution in [2.45, 2.75) is 38.1 Å². The lowest BCUT2D eigenvalue weighted by Crippen LogP contribution is -2.24. The molecule has 146 valence electrons. The van der Waals surface area contributed by atoms with E-state index in [1.165, 1.54) is 0 Å². The SMILES string of the molecule is N#CCC1CCC(n2c(C(=O)Nc3cn[nH]c3)nc3cnc4[nH]ccc4c32)CC1. The summed E-state index contributed by atoms with van der Waals surface area (Å²) in [7, 11) is 0. The zero-order valence-electron chi connectivity index (χ0n) is 15.7. The summed E-state index contributed by atoms with van der Waals surface area (Å²) in [5.74, 6) is 0.536. The third-order valence-electron chi connectivity index (χ3n) is 5.75. The Morgan fingerprint density at radius 2 is 2.17 bits per heavy atom. The van der Waals surface area contributed by atoms with Gasteiger partial charge in [0.2, 0.25) is 5.82 Å². The molecule has 9 nitrogen and oxygen atoms in total. The van der Waals surface area contributed by atoms with Gasteiger partial charge in [-0.05, 0) is 37.7 Å². The van der Waals surface area contributed by atoms with E-state index < -0.39 is 0 Å². The van der Waals surface area contributed by atoms with Gasteiger partial charge in [-0.3, -0.25) is 9.89 Å². The van der Waals surface area contributed by atoms with Crippen molar-refractivity contribution in [3.05, 3.63) is 36.7 Å². The Bertz CT molecular complexity index is 1200. The molecule has 1 saturated carbocycles. The summed E-state index contributed by atoms with van der Waals surface area (Å²) in [6.07, 6.45) is 11.1. The van der Waals surface area contributed by atoms with Crippen LogP contribution >= 0.6 is 0 Å².